The normalized spacial score (nSPS) is 10.1. The van der Waals surface area contributed by atoms with Crippen LogP contribution in [-0.4, -0.2) is 9.97 Å². The molecular weight excluding hydrogens is 306 g/mol. The predicted octanol–water partition coefficient (Wildman–Crippen LogP) is 2.92. The van der Waals surface area contributed by atoms with Crippen LogP contribution in [0.2, 0.25) is 5.02 Å². The van der Waals surface area contributed by atoms with Gasteiger partial charge in [0.15, 0.2) is 0 Å². The van der Waals surface area contributed by atoms with Crippen LogP contribution in [0.4, 0.5) is 17.5 Å². The number of aromatic nitrogens is 2. The first-order valence-electron chi connectivity index (χ1n) is 4.71. The zero-order valence-electron chi connectivity index (χ0n) is 8.61. The number of halogens is 2. The number of hydrogen-bond donors (Lipinski definition) is 3. The summed E-state index contributed by atoms with van der Waals surface area (Å²) in [6.45, 7) is 0. The fourth-order valence-corrected chi connectivity index (χ4v) is 1.77. The van der Waals surface area contributed by atoms with Crippen molar-refractivity contribution in [2.75, 3.05) is 10.7 Å². The SMILES string of the molecule is NNc1nccc(Nc2cccc(Cl)c2Br)n1. The first-order valence-corrected chi connectivity index (χ1v) is 5.88. The monoisotopic (exact) mass is 313 g/mol. The maximum atomic E-state index is 5.99. The molecule has 0 aliphatic carbocycles. The van der Waals surface area contributed by atoms with Crippen LogP contribution < -0.4 is 16.6 Å². The molecule has 4 N–H and O–H groups in total. The van der Waals surface area contributed by atoms with Crippen molar-refractivity contribution in [1.29, 1.82) is 0 Å². The zero-order chi connectivity index (χ0) is 12.3. The standard InChI is InChI=1S/C10H9BrClN5/c11-9-6(12)2-1-3-7(9)15-8-4-5-14-10(16-8)17-13/h1-5H,13H2,(H2,14,15,16,17). The number of nitrogen functional groups attached to an aromatic ring is 1. The van der Waals surface area contributed by atoms with E-state index in [1.807, 2.05) is 12.1 Å². The maximum absolute atomic E-state index is 5.99. The lowest BCUT2D eigenvalue weighted by Gasteiger charge is -2.09. The van der Waals surface area contributed by atoms with Gasteiger partial charge in [-0.15, -0.1) is 0 Å². The van der Waals surface area contributed by atoms with Gasteiger partial charge in [0.05, 0.1) is 15.2 Å². The van der Waals surface area contributed by atoms with Crippen LogP contribution in [0.3, 0.4) is 0 Å². The van der Waals surface area contributed by atoms with Crippen molar-refractivity contribution in [3.63, 3.8) is 0 Å². The third kappa shape index (κ3) is 2.85. The number of benzene rings is 1. The molecule has 0 radical (unpaired) electrons. The van der Waals surface area contributed by atoms with Crippen LogP contribution >= 0.6 is 27.5 Å². The van der Waals surface area contributed by atoms with Gasteiger partial charge in [-0.3, -0.25) is 5.43 Å². The summed E-state index contributed by atoms with van der Waals surface area (Å²) < 4.78 is 0.780. The molecule has 17 heavy (non-hydrogen) atoms. The molecule has 7 heteroatoms. The maximum Gasteiger partial charge on any atom is 0.239 e. The quantitative estimate of drug-likeness (QED) is 0.600. The molecule has 0 amide bonds. The van der Waals surface area contributed by atoms with Crippen molar-refractivity contribution in [2.24, 2.45) is 5.84 Å². The van der Waals surface area contributed by atoms with Gasteiger partial charge in [-0.25, -0.2) is 10.8 Å². The summed E-state index contributed by atoms with van der Waals surface area (Å²) in [4.78, 5) is 8.05. The average molecular weight is 315 g/mol. The molecule has 0 saturated carbocycles. The number of hydrazine groups is 1. The number of nitrogens with one attached hydrogen (secondary N) is 2. The molecule has 2 aromatic rings. The Balaban J connectivity index is 2.28. The smallest absolute Gasteiger partial charge is 0.239 e. The molecule has 88 valence electrons. The summed E-state index contributed by atoms with van der Waals surface area (Å²) in [7, 11) is 0. The van der Waals surface area contributed by atoms with Crippen molar-refractivity contribution in [3.8, 4) is 0 Å². The second-order valence-corrected chi connectivity index (χ2v) is 4.34. The number of anilines is 3. The van der Waals surface area contributed by atoms with Gasteiger partial charge < -0.3 is 5.32 Å². The van der Waals surface area contributed by atoms with E-state index in [2.05, 4.69) is 36.6 Å². The second-order valence-electron chi connectivity index (χ2n) is 3.14. The lowest BCUT2D eigenvalue weighted by molar-refractivity contribution is 1.12. The van der Waals surface area contributed by atoms with Crippen LogP contribution in [0.1, 0.15) is 0 Å². The molecule has 1 aromatic carbocycles. The fraction of sp³-hybridized carbons (Fsp3) is 0. The summed E-state index contributed by atoms with van der Waals surface area (Å²) in [5.74, 6) is 6.20. The van der Waals surface area contributed by atoms with Crippen molar-refractivity contribution in [2.45, 2.75) is 0 Å². The highest BCUT2D eigenvalue weighted by molar-refractivity contribution is 9.10. The lowest BCUT2D eigenvalue weighted by Crippen LogP contribution is -2.10. The molecule has 0 aliphatic rings. The molecule has 0 unspecified atom stereocenters. The Morgan fingerprint density at radius 3 is 2.88 bits per heavy atom. The molecule has 0 bridgehead atoms. The van der Waals surface area contributed by atoms with Gasteiger partial charge in [0.25, 0.3) is 0 Å². The summed E-state index contributed by atoms with van der Waals surface area (Å²) in [6.07, 6.45) is 1.60. The minimum Gasteiger partial charge on any atom is -0.339 e. The van der Waals surface area contributed by atoms with E-state index in [0.29, 0.717) is 16.8 Å². The highest BCUT2D eigenvalue weighted by atomic mass is 79.9. The van der Waals surface area contributed by atoms with Gasteiger partial charge in [0.1, 0.15) is 5.82 Å². The van der Waals surface area contributed by atoms with Crippen LogP contribution in [0.5, 0.6) is 0 Å². The lowest BCUT2D eigenvalue weighted by atomic mass is 10.3. The van der Waals surface area contributed by atoms with Crippen molar-refractivity contribution >= 4 is 45.0 Å². The van der Waals surface area contributed by atoms with Gasteiger partial charge in [-0.05, 0) is 34.1 Å². The zero-order valence-corrected chi connectivity index (χ0v) is 11.0. The van der Waals surface area contributed by atoms with E-state index < -0.39 is 0 Å². The Kier molecular flexibility index (Phi) is 3.78. The van der Waals surface area contributed by atoms with E-state index >= 15 is 0 Å². The molecule has 0 aliphatic heterocycles. The van der Waals surface area contributed by atoms with Gasteiger partial charge >= 0.3 is 0 Å². The van der Waals surface area contributed by atoms with E-state index in [4.69, 9.17) is 17.4 Å². The molecular formula is C10H9BrClN5. The van der Waals surface area contributed by atoms with Crippen molar-refractivity contribution in [3.05, 3.63) is 40.0 Å². The first kappa shape index (κ1) is 12.1. The van der Waals surface area contributed by atoms with Crippen molar-refractivity contribution in [1.82, 2.24) is 9.97 Å². The molecule has 5 nitrogen and oxygen atoms in total. The molecule has 2 rings (SSSR count). The van der Waals surface area contributed by atoms with Gasteiger partial charge in [0.2, 0.25) is 5.95 Å². The summed E-state index contributed by atoms with van der Waals surface area (Å²) in [5, 5.41) is 3.74. The van der Waals surface area contributed by atoms with Crippen LogP contribution in [0.15, 0.2) is 34.9 Å². The minimum absolute atomic E-state index is 0.341. The molecule has 1 aromatic heterocycles. The highest BCUT2D eigenvalue weighted by Crippen LogP contribution is 2.31. The highest BCUT2D eigenvalue weighted by Gasteiger charge is 2.05. The summed E-state index contributed by atoms with van der Waals surface area (Å²) in [6, 6.07) is 7.25. The van der Waals surface area contributed by atoms with Gasteiger partial charge in [0, 0.05) is 6.20 Å². The van der Waals surface area contributed by atoms with Crippen LogP contribution in [0, 0.1) is 0 Å². The first-order chi connectivity index (χ1) is 8.20. The van der Waals surface area contributed by atoms with Gasteiger partial charge in [-0.2, -0.15) is 4.98 Å². The molecule has 0 fully saturated rings. The van der Waals surface area contributed by atoms with Crippen LogP contribution in [0.25, 0.3) is 0 Å². The van der Waals surface area contributed by atoms with E-state index in [1.54, 1.807) is 18.3 Å². The molecule has 0 spiro atoms. The Hall–Kier alpha value is -1.37. The third-order valence-corrected chi connectivity index (χ3v) is 3.40. The van der Waals surface area contributed by atoms with Crippen molar-refractivity contribution < 1.29 is 0 Å². The third-order valence-electron chi connectivity index (χ3n) is 2.00. The Bertz CT molecular complexity index is 534. The van der Waals surface area contributed by atoms with Crippen LogP contribution in [-0.2, 0) is 0 Å². The van der Waals surface area contributed by atoms with Gasteiger partial charge in [-0.1, -0.05) is 17.7 Å². The fourth-order valence-electron chi connectivity index (χ4n) is 1.24. The molecule has 0 saturated heterocycles. The number of hydrogen-bond acceptors (Lipinski definition) is 5. The average Bonchev–Trinajstić information content (AvgIpc) is 2.35. The summed E-state index contributed by atoms with van der Waals surface area (Å²) in [5.41, 5.74) is 3.20. The Morgan fingerprint density at radius 1 is 1.29 bits per heavy atom. The minimum atomic E-state index is 0.341. The Morgan fingerprint density at radius 2 is 2.12 bits per heavy atom. The van der Waals surface area contributed by atoms with E-state index in [1.165, 1.54) is 0 Å². The predicted molar refractivity (Wildman–Crippen MR) is 72.3 cm³/mol. The molecule has 0 atom stereocenters. The van der Waals surface area contributed by atoms with E-state index in [0.717, 1.165) is 10.2 Å². The molecule has 1 heterocycles. The van der Waals surface area contributed by atoms with E-state index in [9.17, 15) is 0 Å². The number of rotatable bonds is 3. The second kappa shape index (κ2) is 5.31. The van der Waals surface area contributed by atoms with E-state index in [-0.39, 0.29) is 0 Å². The number of nitrogens with two attached hydrogens (primary N) is 1. The Labute approximate surface area is 112 Å². The number of nitrogens with zero attached hydrogens (tertiary/aromatic N) is 2. The summed E-state index contributed by atoms with van der Waals surface area (Å²) >= 11 is 9.38. The largest absolute Gasteiger partial charge is 0.339 e. The topological polar surface area (TPSA) is 75.9 Å².